The van der Waals surface area contributed by atoms with Gasteiger partial charge in [-0.3, -0.25) is 9.59 Å². The Morgan fingerprint density at radius 3 is 2.59 bits per heavy atom. The van der Waals surface area contributed by atoms with Gasteiger partial charge in [-0.25, -0.2) is 0 Å². The average molecular weight is 463 g/mol. The molecule has 1 N–H and O–H groups in total. The van der Waals surface area contributed by atoms with E-state index in [1.165, 1.54) is 5.56 Å². The molecule has 4 atom stereocenters. The van der Waals surface area contributed by atoms with Crippen LogP contribution in [0.4, 0.5) is 0 Å². The number of carbonyl (C=O) groups excluding carboxylic acids is 2. The van der Waals surface area contributed by atoms with Gasteiger partial charge < -0.3 is 24.4 Å². The highest BCUT2D eigenvalue weighted by atomic mass is 16.5. The third-order valence-electron chi connectivity index (χ3n) is 7.19. The van der Waals surface area contributed by atoms with Crippen molar-refractivity contribution in [2.24, 2.45) is 11.8 Å². The SMILES string of the molecule is COc1ccc(CCN2CC34C=CC(O3)C(C(=O)NCc3ccc(C)cc3)C4C2=O)cc1OC. The van der Waals surface area contributed by atoms with Crippen molar-refractivity contribution in [2.75, 3.05) is 27.3 Å². The zero-order valence-corrected chi connectivity index (χ0v) is 19.7. The number of benzene rings is 2. The summed E-state index contributed by atoms with van der Waals surface area (Å²) >= 11 is 0. The van der Waals surface area contributed by atoms with E-state index >= 15 is 0 Å². The predicted molar refractivity (Wildman–Crippen MR) is 127 cm³/mol. The van der Waals surface area contributed by atoms with Gasteiger partial charge in [0.2, 0.25) is 11.8 Å². The molecule has 4 unspecified atom stereocenters. The Labute approximate surface area is 199 Å². The van der Waals surface area contributed by atoms with Crippen molar-refractivity contribution in [1.82, 2.24) is 10.2 Å². The van der Waals surface area contributed by atoms with Crippen molar-refractivity contribution >= 4 is 11.8 Å². The second-order valence-electron chi connectivity index (χ2n) is 9.30. The summed E-state index contributed by atoms with van der Waals surface area (Å²) in [7, 11) is 3.21. The number of nitrogens with one attached hydrogen (secondary N) is 1. The Balaban J connectivity index is 1.25. The standard InChI is InChI=1S/C27H30N2O5/c1-17-4-6-19(7-5-17)15-28-25(30)23-21-10-12-27(34-21)16-29(26(31)24(23)27)13-11-18-8-9-20(32-2)22(14-18)33-3/h4-10,12,14,21,23-24H,11,13,15-16H2,1-3H3,(H,28,30). The molecule has 2 aromatic carbocycles. The van der Waals surface area contributed by atoms with E-state index in [2.05, 4.69) is 5.32 Å². The molecule has 34 heavy (non-hydrogen) atoms. The van der Waals surface area contributed by atoms with Gasteiger partial charge in [-0.2, -0.15) is 0 Å². The number of ether oxygens (including phenoxy) is 3. The Hall–Kier alpha value is -3.32. The molecule has 7 heteroatoms. The number of hydrogen-bond donors (Lipinski definition) is 1. The number of nitrogens with zero attached hydrogens (tertiary/aromatic N) is 1. The summed E-state index contributed by atoms with van der Waals surface area (Å²) in [5, 5.41) is 3.02. The highest BCUT2D eigenvalue weighted by molar-refractivity contribution is 5.93. The van der Waals surface area contributed by atoms with Crippen LogP contribution in [-0.4, -0.2) is 55.7 Å². The second-order valence-corrected chi connectivity index (χ2v) is 9.30. The van der Waals surface area contributed by atoms with Crippen molar-refractivity contribution < 1.29 is 23.8 Å². The van der Waals surface area contributed by atoms with Gasteiger partial charge in [0.1, 0.15) is 5.60 Å². The first kappa shape index (κ1) is 22.5. The highest BCUT2D eigenvalue weighted by Gasteiger charge is 2.66. The minimum atomic E-state index is -0.703. The molecule has 2 saturated heterocycles. The van der Waals surface area contributed by atoms with Crippen LogP contribution in [0.3, 0.4) is 0 Å². The molecule has 0 aliphatic carbocycles. The quantitative estimate of drug-likeness (QED) is 0.611. The maximum absolute atomic E-state index is 13.4. The van der Waals surface area contributed by atoms with Gasteiger partial charge in [0.15, 0.2) is 11.5 Å². The van der Waals surface area contributed by atoms with E-state index in [0.29, 0.717) is 37.6 Å². The molecule has 0 aromatic heterocycles. The first-order valence-corrected chi connectivity index (χ1v) is 11.6. The molecule has 5 rings (SSSR count). The van der Waals surface area contributed by atoms with E-state index in [-0.39, 0.29) is 17.9 Å². The number of rotatable bonds is 8. The Morgan fingerprint density at radius 1 is 1.12 bits per heavy atom. The van der Waals surface area contributed by atoms with Crippen LogP contribution < -0.4 is 14.8 Å². The number of aryl methyl sites for hydroxylation is 1. The summed E-state index contributed by atoms with van der Waals surface area (Å²) in [6.45, 7) is 3.48. The topological polar surface area (TPSA) is 77.1 Å². The van der Waals surface area contributed by atoms with E-state index in [9.17, 15) is 9.59 Å². The van der Waals surface area contributed by atoms with Crippen molar-refractivity contribution in [3.05, 3.63) is 71.3 Å². The minimum absolute atomic E-state index is 0.0113. The van der Waals surface area contributed by atoms with Crippen molar-refractivity contribution in [3.63, 3.8) is 0 Å². The van der Waals surface area contributed by atoms with Crippen molar-refractivity contribution in [1.29, 1.82) is 0 Å². The average Bonchev–Trinajstić information content (AvgIpc) is 3.50. The normalized spacial score (nSPS) is 26.6. The molecule has 0 radical (unpaired) electrons. The van der Waals surface area contributed by atoms with E-state index in [1.54, 1.807) is 14.2 Å². The second kappa shape index (κ2) is 8.80. The molecule has 178 valence electrons. The van der Waals surface area contributed by atoms with Crippen LogP contribution in [0, 0.1) is 18.8 Å². The predicted octanol–water partition coefficient (Wildman–Crippen LogP) is 2.65. The molecule has 7 nitrogen and oxygen atoms in total. The van der Waals surface area contributed by atoms with Crippen molar-refractivity contribution in [2.45, 2.75) is 31.6 Å². The smallest absolute Gasteiger partial charge is 0.230 e. The number of carbonyl (C=O) groups is 2. The third kappa shape index (κ3) is 3.84. The Bertz CT molecular complexity index is 1130. The van der Waals surface area contributed by atoms with Crippen LogP contribution in [0.5, 0.6) is 11.5 Å². The lowest BCUT2D eigenvalue weighted by molar-refractivity contribution is -0.137. The number of fused-ring (bicyclic) bond motifs is 1. The molecular weight excluding hydrogens is 432 g/mol. The van der Waals surface area contributed by atoms with Gasteiger partial charge in [-0.1, -0.05) is 48.0 Å². The molecule has 0 saturated carbocycles. The largest absolute Gasteiger partial charge is 0.493 e. The van der Waals surface area contributed by atoms with Crippen LogP contribution in [0.2, 0.25) is 0 Å². The third-order valence-corrected chi connectivity index (χ3v) is 7.19. The number of likely N-dealkylation sites (tertiary alicyclic amines) is 1. The zero-order valence-electron chi connectivity index (χ0n) is 19.7. The van der Waals surface area contributed by atoms with Crippen LogP contribution in [0.25, 0.3) is 0 Å². The Kier molecular flexibility index (Phi) is 5.81. The molecule has 2 amide bonds. The van der Waals surface area contributed by atoms with Crippen LogP contribution in [0.15, 0.2) is 54.6 Å². The highest BCUT2D eigenvalue weighted by Crippen LogP contribution is 2.51. The summed E-state index contributed by atoms with van der Waals surface area (Å²) in [6, 6.07) is 13.8. The zero-order chi connectivity index (χ0) is 23.9. The molecule has 1 spiro atoms. The van der Waals surface area contributed by atoms with E-state index < -0.39 is 17.4 Å². The monoisotopic (exact) mass is 462 g/mol. The van der Waals surface area contributed by atoms with Crippen LogP contribution >= 0.6 is 0 Å². The molecule has 3 aliphatic heterocycles. The van der Waals surface area contributed by atoms with Gasteiger partial charge >= 0.3 is 0 Å². The lowest BCUT2D eigenvalue weighted by Gasteiger charge is -2.23. The van der Waals surface area contributed by atoms with E-state index in [0.717, 1.165) is 11.1 Å². The number of methoxy groups -OCH3 is 2. The summed E-state index contributed by atoms with van der Waals surface area (Å²) in [5.41, 5.74) is 2.55. The molecule has 3 heterocycles. The van der Waals surface area contributed by atoms with Gasteiger partial charge in [-0.15, -0.1) is 0 Å². The fourth-order valence-electron chi connectivity index (χ4n) is 5.38. The maximum atomic E-state index is 13.4. The van der Waals surface area contributed by atoms with Crippen LogP contribution in [-0.2, 0) is 27.3 Å². The summed E-state index contributed by atoms with van der Waals surface area (Å²) in [5.74, 6) is 0.213. The maximum Gasteiger partial charge on any atom is 0.230 e. The van der Waals surface area contributed by atoms with Crippen LogP contribution in [0.1, 0.15) is 16.7 Å². The molecule has 2 bridgehead atoms. The summed E-state index contributed by atoms with van der Waals surface area (Å²) in [4.78, 5) is 28.4. The van der Waals surface area contributed by atoms with Gasteiger partial charge in [0.25, 0.3) is 0 Å². The molecule has 3 aliphatic rings. The summed E-state index contributed by atoms with van der Waals surface area (Å²) in [6.07, 6.45) is 4.25. The summed E-state index contributed by atoms with van der Waals surface area (Å²) < 4.78 is 16.9. The first-order valence-electron chi connectivity index (χ1n) is 11.6. The van der Waals surface area contributed by atoms with Crippen molar-refractivity contribution in [3.8, 4) is 11.5 Å². The Morgan fingerprint density at radius 2 is 1.85 bits per heavy atom. The number of hydrogen-bond acceptors (Lipinski definition) is 5. The number of amides is 2. The molecule has 2 fully saturated rings. The van der Waals surface area contributed by atoms with E-state index in [4.69, 9.17) is 14.2 Å². The van der Waals surface area contributed by atoms with Gasteiger partial charge in [0.05, 0.1) is 38.7 Å². The fraction of sp³-hybridized carbons (Fsp3) is 0.407. The fourth-order valence-corrected chi connectivity index (χ4v) is 5.38. The first-order chi connectivity index (χ1) is 16.4. The van der Waals surface area contributed by atoms with E-state index in [1.807, 2.05) is 66.4 Å². The van der Waals surface area contributed by atoms with Gasteiger partial charge in [-0.05, 0) is 36.6 Å². The minimum Gasteiger partial charge on any atom is -0.493 e. The van der Waals surface area contributed by atoms with Gasteiger partial charge in [0, 0.05) is 13.1 Å². The lowest BCUT2D eigenvalue weighted by Crippen LogP contribution is -2.44. The molecule has 2 aromatic rings. The molecular formula is C27H30N2O5. The lowest BCUT2D eigenvalue weighted by atomic mass is 9.77.